The highest BCUT2D eigenvalue weighted by atomic mass is 16.3. The van der Waals surface area contributed by atoms with Crippen LogP contribution < -0.4 is 5.32 Å². The van der Waals surface area contributed by atoms with Crippen molar-refractivity contribution in [1.29, 1.82) is 5.26 Å². The zero-order valence-corrected chi connectivity index (χ0v) is 19.2. The number of anilines is 1. The van der Waals surface area contributed by atoms with E-state index in [1.165, 1.54) is 0 Å². The number of aliphatic hydroxyl groups is 1. The number of para-hydroxylation sites is 1. The molecule has 0 fully saturated rings. The lowest BCUT2D eigenvalue weighted by atomic mass is 10.0. The number of fused-ring (bicyclic) bond motifs is 2. The minimum absolute atomic E-state index is 0.268. The number of rotatable bonds is 5. The first-order valence-corrected chi connectivity index (χ1v) is 11.0. The summed E-state index contributed by atoms with van der Waals surface area (Å²) in [5, 5.41) is 29.6. The summed E-state index contributed by atoms with van der Waals surface area (Å²) < 4.78 is 1.84. The van der Waals surface area contributed by atoms with Crippen molar-refractivity contribution in [2.45, 2.75) is 26.4 Å². The molecule has 0 atom stereocenters. The number of aryl methyl sites for hydroxylation is 1. The number of benzene rings is 2. The van der Waals surface area contributed by atoms with Crippen LogP contribution >= 0.6 is 0 Å². The molecule has 0 aliphatic rings. The Bertz CT molecular complexity index is 1570. The van der Waals surface area contributed by atoms with Crippen molar-refractivity contribution in [3.05, 3.63) is 78.4 Å². The molecule has 2 aromatic carbocycles. The molecule has 168 valence electrons. The molecule has 34 heavy (non-hydrogen) atoms. The van der Waals surface area contributed by atoms with E-state index in [0.717, 1.165) is 44.3 Å². The Balaban J connectivity index is 1.63. The smallest absolute Gasteiger partial charge is 0.163 e. The number of hydrogen-bond acceptors (Lipinski definition) is 6. The monoisotopic (exact) mass is 448 g/mol. The Labute approximate surface area is 197 Å². The lowest BCUT2D eigenvalue weighted by molar-refractivity contribution is 0.0945. The summed E-state index contributed by atoms with van der Waals surface area (Å²) in [6.07, 6.45) is 3.54. The molecular weight excluding hydrogens is 424 g/mol. The van der Waals surface area contributed by atoms with E-state index in [1.54, 1.807) is 20.0 Å². The summed E-state index contributed by atoms with van der Waals surface area (Å²) in [7, 11) is 0. The minimum Gasteiger partial charge on any atom is -0.389 e. The van der Waals surface area contributed by atoms with Crippen molar-refractivity contribution in [3.63, 3.8) is 0 Å². The largest absolute Gasteiger partial charge is 0.389 e. The maximum atomic E-state index is 10.1. The second-order valence-corrected chi connectivity index (χ2v) is 8.98. The normalized spacial score (nSPS) is 11.6. The molecule has 0 spiro atoms. The topological polar surface area (TPSA) is 99.7 Å². The highest BCUT2D eigenvalue weighted by Gasteiger charge is 2.17. The van der Waals surface area contributed by atoms with E-state index >= 15 is 0 Å². The Morgan fingerprint density at radius 3 is 2.68 bits per heavy atom. The number of hydrogen-bond donors (Lipinski definition) is 2. The molecule has 0 radical (unpaired) electrons. The Morgan fingerprint density at radius 2 is 1.88 bits per heavy atom. The van der Waals surface area contributed by atoms with Gasteiger partial charge >= 0.3 is 0 Å². The lowest BCUT2D eigenvalue weighted by Gasteiger charge is -2.19. The summed E-state index contributed by atoms with van der Waals surface area (Å²) in [5.74, 6) is 0. The quantitative estimate of drug-likeness (QED) is 0.393. The van der Waals surface area contributed by atoms with Gasteiger partial charge < -0.3 is 10.4 Å². The molecule has 7 heteroatoms. The molecule has 0 saturated carbocycles. The predicted octanol–water partition coefficient (Wildman–Crippen LogP) is 5.00. The van der Waals surface area contributed by atoms with Crippen LogP contribution in [-0.4, -0.2) is 37.0 Å². The van der Waals surface area contributed by atoms with Crippen LogP contribution in [0.4, 0.5) is 5.69 Å². The van der Waals surface area contributed by atoms with E-state index in [9.17, 15) is 10.4 Å². The maximum absolute atomic E-state index is 10.1. The molecule has 0 unspecified atom stereocenters. The number of nitrogens with one attached hydrogen (secondary N) is 1. The van der Waals surface area contributed by atoms with Gasteiger partial charge in [-0.05, 0) is 50.6 Å². The molecule has 7 nitrogen and oxygen atoms in total. The second kappa shape index (κ2) is 8.25. The van der Waals surface area contributed by atoms with E-state index in [4.69, 9.17) is 5.10 Å². The van der Waals surface area contributed by atoms with Crippen molar-refractivity contribution >= 4 is 27.5 Å². The van der Waals surface area contributed by atoms with Crippen molar-refractivity contribution < 1.29 is 5.11 Å². The van der Waals surface area contributed by atoms with Crippen LogP contribution in [0.25, 0.3) is 38.6 Å². The standard InChI is InChI=1S/C27H24N6O/c1-17-26-21(19-11-18-7-4-5-9-22(18)29-14-19)8-6-10-25(26)33(32-17)20-12-23(24(13-28)30-15-20)31-16-27(2,3)34/h4-12,14-15,31,34H,16H2,1-3H3. The number of aromatic nitrogens is 4. The van der Waals surface area contributed by atoms with Crippen LogP contribution in [0, 0.1) is 18.3 Å². The number of pyridine rings is 2. The van der Waals surface area contributed by atoms with Gasteiger partial charge in [-0.3, -0.25) is 4.98 Å². The molecule has 5 rings (SSSR count). The minimum atomic E-state index is -0.930. The van der Waals surface area contributed by atoms with Gasteiger partial charge in [-0.25, -0.2) is 9.67 Å². The Morgan fingerprint density at radius 1 is 1.06 bits per heavy atom. The molecule has 5 aromatic rings. The van der Waals surface area contributed by atoms with Crippen molar-refractivity contribution in [1.82, 2.24) is 19.7 Å². The summed E-state index contributed by atoms with van der Waals surface area (Å²) in [6.45, 7) is 5.68. The third-order valence-electron chi connectivity index (χ3n) is 5.72. The lowest BCUT2D eigenvalue weighted by Crippen LogP contribution is -2.29. The molecule has 0 amide bonds. The van der Waals surface area contributed by atoms with Crippen LogP contribution in [0.15, 0.2) is 67.0 Å². The van der Waals surface area contributed by atoms with Gasteiger partial charge in [-0.1, -0.05) is 30.3 Å². The average molecular weight is 449 g/mol. The third kappa shape index (κ3) is 3.96. The summed E-state index contributed by atoms with van der Waals surface area (Å²) >= 11 is 0. The molecule has 0 aliphatic heterocycles. The van der Waals surface area contributed by atoms with E-state index in [-0.39, 0.29) is 12.2 Å². The van der Waals surface area contributed by atoms with Gasteiger partial charge in [0.25, 0.3) is 0 Å². The zero-order chi connectivity index (χ0) is 23.9. The number of nitrogens with zero attached hydrogens (tertiary/aromatic N) is 5. The highest BCUT2D eigenvalue weighted by Crippen LogP contribution is 2.33. The molecule has 0 bridgehead atoms. The van der Waals surface area contributed by atoms with Gasteiger partial charge in [0.15, 0.2) is 5.69 Å². The van der Waals surface area contributed by atoms with Crippen LogP contribution in [0.5, 0.6) is 0 Å². The van der Waals surface area contributed by atoms with Crippen LogP contribution in [-0.2, 0) is 0 Å². The Kier molecular flexibility index (Phi) is 5.23. The molecule has 0 aliphatic carbocycles. The van der Waals surface area contributed by atoms with Gasteiger partial charge in [0.05, 0.1) is 39.9 Å². The highest BCUT2D eigenvalue weighted by molar-refractivity contribution is 5.99. The van der Waals surface area contributed by atoms with E-state index in [1.807, 2.05) is 54.2 Å². The van der Waals surface area contributed by atoms with Crippen molar-refractivity contribution in [2.24, 2.45) is 0 Å². The van der Waals surface area contributed by atoms with Crippen LogP contribution in [0.3, 0.4) is 0 Å². The fourth-order valence-corrected chi connectivity index (χ4v) is 4.11. The van der Waals surface area contributed by atoms with Gasteiger partial charge in [0, 0.05) is 29.1 Å². The fraction of sp³-hybridized carbons (Fsp3) is 0.185. The van der Waals surface area contributed by atoms with E-state index < -0.39 is 5.60 Å². The van der Waals surface area contributed by atoms with Crippen molar-refractivity contribution in [2.75, 3.05) is 11.9 Å². The molecule has 3 heterocycles. The third-order valence-corrected chi connectivity index (χ3v) is 5.72. The average Bonchev–Trinajstić information content (AvgIpc) is 3.18. The predicted molar refractivity (Wildman–Crippen MR) is 134 cm³/mol. The molecule has 3 aromatic heterocycles. The summed E-state index contributed by atoms with van der Waals surface area (Å²) in [6, 6.07) is 20.3. The molecule has 2 N–H and O–H groups in total. The first kappa shape index (κ1) is 21.6. The van der Waals surface area contributed by atoms with E-state index in [2.05, 4.69) is 39.6 Å². The molecule has 0 saturated heterocycles. The number of nitriles is 1. The first-order valence-electron chi connectivity index (χ1n) is 11.0. The molecular formula is C27H24N6O. The van der Waals surface area contributed by atoms with Crippen LogP contribution in [0.1, 0.15) is 25.2 Å². The van der Waals surface area contributed by atoms with Gasteiger partial charge in [0.1, 0.15) is 6.07 Å². The van der Waals surface area contributed by atoms with Gasteiger partial charge in [-0.2, -0.15) is 10.4 Å². The second-order valence-electron chi connectivity index (χ2n) is 8.98. The zero-order valence-electron chi connectivity index (χ0n) is 19.2. The van der Waals surface area contributed by atoms with Crippen LogP contribution in [0.2, 0.25) is 0 Å². The van der Waals surface area contributed by atoms with Gasteiger partial charge in [-0.15, -0.1) is 0 Å². The fourth-order valence-electron chi connectivity index (χ4n) is 4.11. The maximum Gasteiger partial charge on any atom is 0.163 e. The Hall–Kier alpha value is -4.28. The first-order chi connectivity index (χ1) is 16.3. The van der Waals surface area contributed by atoms with Crippen molar-refractivity contribution in [3.8, 4) is 22.9 Å². The summed E-state index contributed by atoms with van der Waals surface area (Å²) in [5.41, 5.74) is 5.48. The summed E-state index contributed by atoms with van der Waals surface area (Å²) in [4.78, 5) is 8.96. The SMILES string of the molecule is Cc1nn(-c2cnc(C#N)c(NCC(C)(C)O)c2)c2cccc(-c3cnc4ccccc4c3)c12. The van der Waals surface area contributed by atoms with E-state index in [0.29, 0.717) is 5.69 Å². The van der Waals surface area contributed by atoms with Gasteiger partial charge in [0.2, 0.25) is 0 Å².